The number of hydrogen-bond acceptors (Lipinski definition) is 2. The Labute approximate surface area is 103 Å². The van der Waals surface area contributed by atoms with E-state index >= 15 is 0 Å². The molecule has 1 heterocycles. The van der Waals surface area contributed by atoms with Gasteiger partial charge in [-0.1, -0.05) is 6.92 Å². The molecular weight excluding hydrogens is 210 g/mol. The van der Waals surface area contributed by atoms with Gasteiger partial charge in [0.25, 0.3) is 0 Å². The fraction of sp³-hybridized carbons (Fsp3) is 0.714. The van der Waals surface area contributed by atoms with Crippen molar-refractivity contribution < 1.29 is 0 Å². The summed E-state index contributed by atoms with van der Waals surface area (Å²) in [5.74, 6) is 1.89. The van der Waals surface area contributed by atoms with Crippen LogP contribution in [0.2, 0.25) is 0 Å². The Morgan fingerprint density at radius 2 is 2.24 bits per heavy atom. The average Bonchev–Trinajstić information content (AvgIpc) is 2.75. The largest absolute Gasteiger partial charge is 0.338 e. The summed E-state index contributed by atoms with van der Waals surface area (Å²) in [5.41, 5.74) is -0.0849. The standard InChI is InChI=1S/C14H21N3/c1-12-3-6-14(11-15,7-4-12)8-5-13-16-9-10-17(13)2/h9-10,12H,3-8H2,1-2H3. The summed E-state index contributed by atoms with van der Waals surface area (Å²) in [6.07, 6.45) is 10.2. The zero-order valence-corrected chi connectivity index (χ0v) is 10.8. The molecule has 1 fully saturated rings. The normalized spacial score (nSPS) is 28.9. The van der Waals surface area contributed by atoms with E-state index in [1.165, 1.54) is 12.8 Å². The van der Waals surface area contributed by atoms with Gasteiger partial charge in [0.05, 0.1) is 11.5 Å². The van der Waals surface area contributed by atoms with Crippen LogP contribution in [-0.2, 0) is 13.5 Å². The molecule has 1 saturated carbocycles. The summed E-state index contributed by atoms with van der Waals surface area (Å²) in [7, 11) is 2.02. The molecule has 0 aliphatic heterocycles. The lowest BCUT2D eigenvalue weighted by Crippen LogP contribution is -2.26. The Morgan fingerprint density at radius 1 is 1.53 bits per heavy atom. The molecule has 1 aromatic rings. The zero-order chi connectivity index (χ0) is 12.3. The molecule has 1 aliphatic rings. The molecule has 3 nitrogen and oxygen atoms in total. The predicted molar refractivity (Wildman–Crippen MR) is 67.2 cm³/mol. The summed E-state index contributed by atoms with van der Waals surface area (Å²) >= 11 is 0. The Morgan fingerprint density at radius 3 is 2.76 bits per heavy atom. The zero-order valence-electron chi connectivity index (χ0n) is 10.8. The third-order valence-corrected chi connectivity index (χ3v) is 4.22. The van der Waals surface area contributed by atoms with Crippen molar-refractivity contribution in [2.45, 2.75) is 45.4 Å². The van der Waals surface area contributed by atoms with Crippen LogP contribution in [0.4, 0.5) is 0 Å². The highest BCUT2D eigenvalue weighted by Gasteiger charge is 2.34. The molecule has 1 aliphatic carbocycles. The molecule has 0 N–H and O–H groups in total. The highest BCUT2D eigenvalue weighted by Crippen LogP contribution is 2.41. The first-order valence-corrected chi connectivity index (χ1v) is 6.53. The van der Waals surface area contributed by atoms with Gasteiger partial charge in [0.15, 0.2) is 0 Å². The molecule has 0 radical (unpaired) electrons. The molecule has 0 spiro atoms. The summed E-state index contributed by atoms with van der Waals surface area (Å²) < 4.78 is 2.05. The Kier molecular flexibility index (Phi) is 3.51. The van der Waals surface area contributed by atoms with Crippen LogP contribution in [0.5, 0.6) is 0 Å². The summed E-state index contributed by atoms with van der Waals surface area (Å²) in [6.45, 7) is 2.29. The van der Waals surface area contributed by atoms with Gasteiger partial charge in [-0.25, -0.2) is 4.98 Å². The quantitative estimate of drug-likeness (QED) is 0.802. The number of nitrogens with zero attached hydrogens (tertiary/aromatic N) is 3. The van der Waals surface area contributed by atoms with Crippen LogP contribution < -0.4 is 0 Å². The van der Waals surface area contributed by atoms with Crippen LogP contribution in [0.25, 0.3) is 0 Å². The first-order chi connectivity index (χ1) is 8.15. The first-order valence-electron chi connectivity index (χ1n) is 6.53. The minimum absolute atomic E-state index is 0.0849. The van der Waals surface area contributed by atoms with Crippen LogP contribution >= 0.6 is 0 Å². The summed E-state index contributed by atoms with van der Waals surface area (Å²) in [4.78, 5) is 4.33. The fourth-order valence-corrected chi connectivity index (χ4v) is 2.72. The molecule has 2 rings (SSSR count). The van der Waals surface area contributed by atoms with E-state index in [0.29, 0.717) is 0 Å². The lowest BCUT2D eigenvalue weighted by atomic mass is 9.69. The van der Waals surface area contributed by atoms with E-state index in [1.54, 1.807) is 0 Å². The van der Waals surface area contributed by atoms with Crippen LogP contribution in [-0.4, -0.2) is 9.55 Å². The number of imidazole rings is 1. The second kappa shape index (κ2) is 4.91. The van der Waals surface area contributed by atoms with Gasteiger partial charge in [-0.05, 0) is 38.0 Å². The Bertz CT molecular complexity index is 405. The minimum atomic E-state index is -0.0849. The number of aryl methyl sites for hydroxylation is 2. The van der Waals surface area contributed by atoms with Gasteiger partial charge in [0.1, 0.15) is 5.82 Å². The summed E-state index contributed by atoms with van der Waals surface area (Å²) in [6, 6.07) is 2.58. The molecule has 17 heavy (non-hydrogen) atoms. The van der Waals surface area contributed by atoms with Crippen molar-refractivity contribution in [2.75, 3.05) is 0 Å². The van der Waals surface area contributed by atoms with Gasteiger partial charge in [-0.2, -0.15) is 5.26 Å². The molecule has 1 aromatic heterocycles. The van der Waals surface area contributed by atoms with Crippen molar-refractivity contribution >= 4 is 0 Å². The van der Waals surface area contributed by atoms with E-state index in [4.69, 9.17) is 0 Å². The second-order valence-electron chi connectivity index (χ2n) is 5.53. The predicted octanol–water partition coefficient (Wildman–Crippen LogP) is 3.07. The van der Waals surface area contributed by atoms with E-state index in [2.05, 4.69) is 22.5 Å². The maximum absolute atomic E-state index is 9.45. The van der Waals surface area contributed by atoms with Crippen LogP contribution in [0.1, 0.15) is 44.9 Å². The molecule has 0 bridgehead atoms. The van der Waals surface area contributed by atoms with Gasteiger partial charge >= 0.3 is 0 Å². The van der Waals surface area contributed by atoms with Gasteiger partial charge in [0, 0.05) is 25.9 Å². The maximum atomic E-state index is 9.45. The monoisotopic (exact) mass is 231 g/mol. The topological polar surface area (TPSA) is 41.6 Å². The number of nitriles is 1. The summed E-state index contributed by atoms with van der Waals surface area (Å²) in [5, 5.41) is 9.45. The smallest absolute Gasteiger partial charge is 0.108 e. The van der Waals surface area contributed by atoms with E-state index < -0.39 is 0 Å². The third-order valence-electron chi connectivity index (χ3n) is 4.22. The van der Waals surface area contributed by atoms with Crippen molar-refractivity contribution in [2.24, 2.45) is 18.4 Å². The van der Waals surface area contributed by atoms with E-state index in [1.807, 2.05) is 19.4 Å². The highest BCUT2D eigenvalue weighted by molar-refractivity contribution is 5.03. The fourth-order valence-electron chi connectivity index (χ4n) is 2.72. The van der Waals surface area contributed by atoms with Crippen molar-refractivity contribution in [3.05, 3.63) is 18.2 Å². The molecular formula is C14H21N3. The third kappa shape index (κ3) is 2.69. The molecule has 0 amide bonds. The molecule has 0 aromatic carbocycles. The van der Waals surface area contributed by atoms with Crippen LogP contribution in [0.15, 0.2) is 12.4 Å². The van der Waals surface area contributed by atoms with E-state index in [-0.39, 0.29) is 5.41 Å². The van der Waals surface area contributed by atoms with Crippen molar-refractivity contribution in [1.29, 1.82) is 5.26 Å². The van der Waals surface area contributed by atoms with Gasteiger partial charge in [0.2, 0.25) is 0 Å². The van der Waals surface area contributed by atoms with Crippen LogP contribution in [0, 0.1) is 22.7 Å². The van der Waals surface area contributed by atoms with Gasteiger partial charge < -0.3 is 4.57 Å². The second-order valence-corrected chi connectivity index (χ2v) is 5.53. The lowest BCUT2D eigenvalue weighted by molar-refractivity contribution is 0.205. The first kappa shape index (κ1) is 12.2. The van der Waals surface area contributed by atoms with Gasteiger partial charge in [-0.3, -0.25) is 0 Å². The van der Waals surface area contributed by atoms with Gasteiger partial charge in [-0.15, -0.1) is 0 Å². The van der Waals surface area contributed by atoms with Crippen molar-refractivity contribution in [3.63, 3.8) is 0 Å². The highest BCUT2D eigenvalue weighted by atomic mass is 15.0. The molecule has 0 atom stereocenters. The molecule has 3 heteroatoms. The number of rotatable bonds is 3. The lowest BCUT2D eigenvalue weighted by Gasteiger charge is -2.33. The van der Waals surface area contributed by atoms with Crippen molar-refractivity contribution in [3.8, 4) is 6.07 Å². The average molecular weight is 231 g/mol. The number of hydrogen-bond donors (Lipinski definition) is 0. The van der Waals surface area contributed by atoms with Crippen LogP contribution in [0.3, 0.4) is 0 Å². The Balaban J connectivity index is 1.97. The maximum Gasteiger partial charge on any atom is 0.108 e. The van der Waals surface area contributed by atoms with E-state index in [9.17, 15) is 5.26 Å². The minimum Gasteiger partial charge on any atom is -0.338 e. The van der Waals surface area contributed by atoms with E-state index in [0.717, 1.165) is 37.4 Å². The molecule has 92 valence electrons. The molecule has 0 unspecified atom stereocenters. The SMILES string of the molecule is CC1CCC(C#N)(CCc2nccn2C)CC1. The van der Waals surface area contributed by atoms with Crippen molar-refractivity contribution in [1.82, 2.24) is 9.55 Å². The molecule has 0 saturated heterocycles. The Hall–Kier alpha value is -1.30. The number of aromatic nitrogens is 2.